The quantitative estimate of drug-likeness (QED) is 0.567. The molecule has 2 aliphatic rings. The van der Waals surface area contributed by atoms with Crippen molar-refractivity contribution in [2.75, 3.05) is 17.6 Å². The minimum atomic E-state index is -0.811. The third kappa shape index (κ3) is 5.20. The van der Waals surface area contributed by atoms with Crippen LogP contribution in [0.25, 0.3) is 0 Å². The minimum Gasteiger partial charge on any atom is -0.356 e. The number of nitrogens with one attached hydrogen (secondary N) is 2. The van der Waals surface area contributed by atoms with E-state index in [2.05, 4.69) is 20.6 Å². The normalized spacial score (nSPS) is 16.4. The molecule has 34 heavy (non-hydrogen) atoms. The first kappa shape index (κ1) is 23.7. The number of amidine groups is 2. The number of unbranched alkanes of at least 4 members (excludes halogenated alkanes) is 1. The molecule has 2 aliphatic heterocycles. The first-order chi connectivity index (χ1) is 16.5. The van der Waals surface area contributed by atoms with E-state index in [4.69, 9.17) is 0 Å². The number of hydrogen-bond acceptors (Lipinski definition) is 6. The number of benzene rings is 2. The van der Waals surface area contributed by atoms with Gasteiger partial charge in [-0.05, 0) is 37.1 Å². The van der Waals surface area contributed by atoms with Crippen LogP contribution >= 0.6 is 11.8 Å². The number of hydrogen-bond donors (Lipinski definition) is 2. The predicted octanol–water partition coefficient (Wildman–Crippen LogP) is 3.63. The molecule has 0 unspecified atom stereocenters. The van der Waals surface area contributed by atoms with Crippen LogP contribution in [-0.4, -0.2) is 52.0 Å². The van der Waals surface area contributed by atoms with Gasteiger partial charge in [-0.25, -0.2) is 9.89 Å². The average Bonchev–Trinajstić information content (AvgIpc) is 3.15. The summed E-state index contributed by atoms with van der Waals surface area (Å²) in [5, 5.41) is 6.13. The summed E-state index contributed by atoms with van der Waals surface area (Å²) in [6.07, 6.45) is 1.84. The molecule has 2 heterocycles. The van der Waals surface area contributed by atoms with Gasteiger partial charge in [-0.15, -0.1) is 0 Å². The molecule has 2 N–H and O–H groups in total. The van der Waals surface area contributed by atoms with E-state index >= 15 is 0 Å². The summed E-state index contributed by atoms with van der Waals surface area (Å²) in [6.45, 7) is 4.56. The predicted molar refractivity (Wildman–Crippen MR) is 136 cm³/mol. The minimum absolute atomic E-state index is 0.0174. The first-order valence-corrected chi connectivity index (χ1v) is 12.3. The Bertz CT molecular complexity index is 1180. The van der Waals surface area contributed by atoms with Crippen molar-refractivity contribution in [3.05, 3.63) is 59.7 Å². The van der Waals surface area contributed by atoms with Crippen LogP contribution < -0.4 is 10.6 Å². The molecule has 8 nitrogen and oxygen atoms in total. The van der Waals surface area contributed by atoms with Gasteiger partial charge >= 0.3 is 0 Å². The molecule has 4 rings (SSSR count). The second kappa shape index (κ2) is 10.6. The standard InChI is InChI=1S/C25H27N5O3S/c1-3-4-13-26-21(31)14-20-24(33)30-23(28-20)17-10-6-8-12-19(17)29-25(30)34-15-22(32)27-18-11-7-5-9-16(18)2/h5-12,20H,3-4,13-15H2,1-2H3,(H,26,31)(H,27,32)/t20-/m0/s1. The molecule has 0 radical (unpaired) electrons. The summed E-state index contributed by atoms with van der Waals surface area (Å²) in [4.78, 5) is 48.8. The Kier molecular flexibility index (Phi) is 7.42. The van der Waals surface area contributed by atoms with E-state index in [9.17, 15) is 14.4 Å². The maximum Gasteiger partial charge on any atom is 0.259 e. The lowest BCUT2D eigenvalue weighted by Crippen LogP contribution is -2.42. The second-order valence-corrected chi connectivity index (χ2v) is 9.06. The third-order valence-corrected chi connectivity index (χ3v) is 6.47. The maximum atomic E-state index is 13.2. The third-order valence-electron chi connectivity index (χ3n) is 5.53. The summed E-state index contributed by atoms with van der Waals surface area (Å²) in [6, 6.07) is 14.2. The first-order valence-electron chi connectivity index (χ1n) is 11.3. The van der Waals surface area contributed by atoms with Crippen molar-refractivity contribution >= 4 is 51.9 Å². The highest BCUT2D eigenvalue weighted by molar-refractivity contribution is 8.14. The monoisotopic (exact) mass is 477 g/mol. The van der Waals surface area contributed by atoms with Crippen LogP contribution in [0.1, 0.15) is 37.3 Å². The molecule has 0 fully saturated rings. The van der Waals surface area contributed by atoms with Gasteiger partial charge in [0, 0.05) is 17.8 Å². The number of carbonyl (C=O) groups is 3. The number of thioether (sulfide) groups is 1. The summed E-state index contributed by atoms with van der Waals surface area (Å²) in [7, 11) is 0. The molecule has 2 aromatic rings. The molecule has 2 aromatic carbocycles. The Labute approximate surface area is 202 Å². The van der Waals surface area contributed by atoms with Crippen molar-refractivity contribution < 1.29 is 14.4 Å². The summed E-state index contributed by atoms with van der Waals surface area (Å²) in [5.74, 6) is -0.149. The molecule has 0 saturated heterocycles. The highest BCUT2D eigenvalue weighted by Crippen LogP contribution is 2.34. The van der Waals surface area contributed by atoms with Gasteiger partial charge in [0.05, 0.1) is 17.9 Å². The van der Waals surface area contributed by atoms with E-state index in [1.165, 1.54) is 16.7 Å². The SMILES string of the molecule is CCCCNC(=O)C[C@@H]1N=C2c3ccccc3N=C(SCC(=O)Nc3ccccc3C)N2C1=O. The fraction of sp³-hybridized carbons (Fsp3) is 0.320. The molecular formula is C25H27N5O3S. The maximum absolute atomic E-state index is 13.2. The highest BCUT2D eigenvalue weighted by atomic mass is 32.2. The van der Waals surface area contributed by atoms with Gasteiger partial charge in [0.25, 0.3) is 5.91 Å². The Morgan fingerprint density at radius 2 is 1.85 bits per heavy atom. The Morgan fingerprint density at radius 3 is 2.65 bits per heavy atom. The van der Waals surface area contributed by atoms with Crippen LogP contribution in [0.3, 0.4) is 0 Å². The fourth-order valence-corrected chi connectivity index (χ4v) is 4.51. The van der Waals surface area contributed by atoms with E-state index in [0.717, 1.165) is 29.7 Å². The number of aliphatic imine (C=N–C) groups is 2. The van der Waals surface area contributed by atoms with Crippen LogP contribution in [0.5, 0.6) is 0 Å². The van der Waals surface area contributed by atoms with Crippen molar-refractivity contribution in [3.8, 4) is 0 Å². The van der Waals surface area contributed by atoms with E-state index in [1.54, 1.807) is 0 Å². The zero-order valence-corrected chi connectivity index (χ0v) is 20.0. The number of anilines is 1. The zero-order valence-electron chi connectivity index (χ0n) is 19.2. The van der Waals surface area contributed by atoms with Gasteiger partial charge < -0.3 is 10.6 Å². The van der Waals surface area contributed by atoms with Gasteiger partial charge in [0.2, 0.25) is 11.8 Å². The van der Waals surface area contributed by atoms with Gasteiger partial charge in [-0.3, -0.25) is 19.4 Å². The molecule has 0 aliphatic carbocycles. The Morgan fingerprint density at radius 1 is 1.09 bits per heavy atom. The topological polar surface area (TPSA) is 103 Å². The number of para-hydroxylation sites is 2. The van der Waals surface area contributed by atoms with E-state index in [1.807, 2.05) is 62.4 Å². The molecule has 9 heteroatoms. The number of rotatable bonds is 8. The van der Waals surface area contributed by atoms with Gasteiger partial charge in [0.15, 0.2) is 5.17 Å². The fourth-order valence-electron chi connectivity index (χ4n) is 3.71. The smallest absolute Gasteiger partial charge is 0.259 e. The van der Waals surface area contributed by atoms with Gasteiger partial charge in [-0.1, -0.05) is 55.4 Å². The number of fused-ring (bicyclic) bond motifs is 3. The lowest BCUT2D eigenvalue weighted by Gasteiger charge is -2.25. The van der Waals surface area contributed by atoms with E-state index in [0.29, 0.717) is 23.2 Å². The van der Waals surface area contributed by atoms with Crippen molar-refractivity contribution in [3.63, 3.8) is 0 Å². The number of nitrogens with zero attached hydrogens (tertiary/aromatic N) is 3. The number of carbonyl (C=O) groups excluding carboxylic acids is 3. The van der Waals surface area contributed by atoms with Gasteiger partial charge in [0.1, 0.15) is 11.9 Å². The highest BCUT2D eigenvalue weighted by Gasteiger charge is 2.42. The largest absolute Gasteiger partial charge is 0.356 e. The van der Waals surface area contributed by atoms with Crippen LogP contribution in [-0.2, 0) is 14.4 Å². The van der Waals surface area contributed by atoms with Gasteiger partial charge in [-0.2, -0.15) is 0 Å². The van der Waals surface area contributed by atoms with E-state index < -0.39 is 6.04 Å². The lowest BCUT2D eigenvalue weighted by molar-refractivity contribution is -0.128. The summed E-state index contributed by atoms with van der Waals surface area (Å²) >= 11 is 1.17. The van der Waals surface area contributed by atoms with Crippen LogP contribution in [0.2, 0.25) is 0 Å². The average molecular weight is 478 g/mol. The van der Waals surface area contributed by atoms with Crippen molar-refractivity contribution in [1.29, 1.82) is 0 Å². The van der Waals surface area contributed by atoms with Crippen LogP contribution in [0.4, 0.5) is 11.4 Å². The molecule has 0 spiro atoms. The number of aryl methyl sites for hydroxylation is 1. The summed E-state index contributed by atoms with van der Waals surface area (Å²) < 4.78 is 0. The Hall–Kier alpha value is -3.46. The van der Waals surface area contributed by atoms with Crippen molar-refractivity contribution in [2.45, 2.75) is 39.2 Å². The molecule has 0 bridgehead atoms. The zero-order chi connectivity index (χ0) is 24.1. The molecule has 0 aromatic heterocycles. The van der Waals surface area contributed by atoms with Crippen LogP contribution in [0.15, 0.2) is 58.5 Å². The summed E-state index contributed by atoms with van der Waals surface area (Å²) in [5.41, 5.74) is 3.13. The van der Waals surface area contributed by atoms with Crippen molar-refractivity contribution in [2.24, 2.45) is 9.98 Å². The number of amides is 3. The van der Waals surface area contributed by atoms with Crippen LogP contribution in [0, 0.1) is 6.92 Å². The molecule has 1 atom stereocenters. The second-order valence-electron chi connectivity index (χ2n) is 8.11. The molecule has 3 amide bonds. The van der Waals surface area contributed by atoms with E-state index in [-0.39, 0.29) is 29.9 Å². The molecular weight excluding hydrogens is 450 g/mol. The molecule has 176 valence electrons. The lowest BCUT2D eigenvalue weighted by atomic mass is 10.1. The van der Waals surface area contributed by atoms with Crippen molar-refractivity contribution in [1.82, 2.24) is 10.2 Å². The molecule has 0 saturated carbocycles. The Balaban J connectivity index is 1.49.